The van der Waals surface area contributed by atoms with Crippen LogP contribution in [-0.4, -0.2) is 35.7 Å². The molecule has 1 N–H and O–H groups in total. The molecule has 5 heteroatoms. The SMILES string of the molecule is CCCO[C@H]1CCCN(Cc2cc(=O)c3cc(F)ccc3[nH]2)C1. The summed E-state index contributed by atoms with van der Waals surface area (Å²) in [5.41, 5.74) is 1.42. The van der Waals surface area contributed by atoms with Gasteiger partial charge in [-0.15, -0.1) is 0 Å². The topological polar surface area (TPSA) is 45.3 Å². The van der Waals surface area contributed by atoms with E-state index in [0.29, 0.717) is 17.4 Å². The lowest BCUT2D eigenvalue weighted by Crippen LogP contribution is -2.39. The van der Waals surface area contributed by atoms with Gasteiger partial charge >= 0.3 is 0 Å². The summed E-state index contributed by atoms with van der Waals surface area (Å²) in [6.07, 6.45) is 3.52. The summed E-state index contributed by atoms with van der Waals surface area (Å²) in [6, 6.07) is 5.86. The van der Waals surface area contributed by atoms with Crippen LogP contribution in [-0.2, 0) is 11.3 Å². The zero-order valence-electron chi connectivity index (χ0n) is 13.5. The summed E-state index contributed by atoms with van der Waals surface area (Å²) in [4.78, 5) is 17.7. The molecule has 1 aromatic carbocycles. The molecule has 1 aliphatic rings. The number of piperidine rings is 1. The normalized spacial score (nSPS) is 19.3. The molecule has 0 spiro atoms. The molecular formula is C18H23FN2O2. The van der Waals surface area contributed by atoms with Crippen LogP contribution in [0.25, 0.3) is 10.9 Å². The highest BCUT2D eigenvalue weighted by Gasteiger charge is 2.20. The van der Waals surface area contributed by atoms with E-state index in [-0.39, 0.29) is 17.3 Å². The molecule has 0 amide bonds. The fourth-order valence-corrected chi connectivity index (χ4v) is 3.18. The first-order chi connectivity index (χ1) is 11.2. The zero-order chi connectivity index (χ0) is 16.2. The van der Waals surface area contributed by atoms with Gasteiger partial charge in [-0.1, -0.05) is 6.92 Å². The average molecular weight is 318 g/mol. The quantitative estimate of drug-likeness (QED) is 0.921. The van der Waals surface area contributed by atoms with Crippen molar-refractivity contribution in [3.63, 3.8) is 0 Å². The fraction of sp³-hybridized carbons (Fsp3) is 0.500. The van der Waals surface area contributed by atoms with E-state index in [1.807, 2.05) is 0 Å². The van der Waals surface area contributed by atoms with Crippen LogP contribution in [0, 0.1) is 5.82 Å². The van der Waals surface area contributed by atoms with E-state index in [1.54, 1.807) is 12.1 Å². The molecule has 23 heavy (non-hydrogen) atoms. The van der Waals surface area contributed by atoms with Crippen LogP contribution in [0.2, 0.25) is 0 Å². The Kier molecular flexibility index (Phi) is 5.08. The van der Waals surface area contributed by atoms with Gasteiger partial charge in [0.05, 0.1) is 6.10 Å². The lowest BCUT2D eigenvalue weighted by molar-refractivity contribution is -0.00250. The van der Waals surface area contributed by atoms with Gasteiger partial charge in [0.2, 0.25) is 0 Å². The van der Waals surface area contributed by atoms with Crippen LogP contribution in [0.3, 0.4) is 0 Å². The maximum atomic E-state index is 13.3. The van der Waals surface area contributed by atoms with Gasteiger partial charge in [-0.3, -0.25) is 9.69 Å². The summed E-state index contributed by atoms with van der Waals surface area (Å²) in [5, 5.41) is 0.400. The Bertz CT molecular complexity index is 729. The molecule has 0 bridgehead atoms. The van der Waals surface area contributed by atoms with E-state index in [4.69, 9.17) is 4.74 Å². The van der Waals surface area contributed by atoms with Gasteiger partial charge in [-0.2, -0.15) is 0 Å². The molecule has 4 nitrogen and oxygen atoms in total. The smallest absolute Gasteiger partial charge is 0.189 e. The highest BCUT2D eigenvalue weighted by atomic mass is 19.1. The number of hydrogen-bond acceptors (Lipinski definition) is 3. The number of halogens is 1. The van der Waals surface area contributed by atoms with Crippen LogP contribution >= 0.6 is 0 Å². The van der Waals surface area contributed by atoms with Crippen LogP contribution in [0.4, 0.5) is 4.39 Å². The first-order valence-electron chi connectivity index (χ1n) is 8.31. The minimum atomic E-state index is -0.386. The van der Waals surface area contributed by atoms with E-state index in [1.165, 1.54) is 12.1 Å². The summed E-state index contributed by atoms with van der Waals surface area (Å²) in [7, 11) is 0. The second kappa shape index (κ2) is 7.23. The number of fused-ring (bicyclic) bond motifs is 1. The van der Waals surface area contributed by atoms with Gasteiger partial charge in [0.25, 0.3) is 0 Å². The van der Waals surface area contributed by atoms with Gasteiger partial charge in [0.1, 0.15) is 5.82 Å². The number of aromatic amines is 1. The minimum absolute atomic E-state index is 0.135. The molecule has 0 radical (unpaired) electrons. The molecule has 1 fully saturated rings. The summed E-state index contributed by atoms with van der Waals surface area (Å²) in [6.45, 7) is 5.51. The minimum Gasteiger partial charge on any atom is -0.377 e. The van der Waals surface area contributed by atoms with Crippen molar-refractivity contribution < 1.29 is 9.13 Å². The third-order valence-corrected chi connectivity index (χ3v) is 4.26. The van der Waals surface area contributed by atoms with Crippen molar-refractivity contribution in [2.75, 3.05) is 19.7 Å². The maximum absolute atomic E-state index is 13.3. The Morgan fingerprint density at radius 3 is 3.09 bits per heavy atom. The summed E-state index contributed by atoms with van der Waals surface area (Å²) < 4.78 is 19.1. The number of rotatable bonds is 5. The molecule has 2 heterocycles. The number of likely N-dealkylation sites (tertiary alicyclic amines) is 1. The van der Waals surface area contributed by atoms with Crippen LogP contribution < -0.4 is 5.43 Å². The van der Waals surface area contributed by atoms with Crippen molar-refractivity contribution in [3.05, 3.63) is 46.0 Å². The second-order valence-corrected chi connectivity index (χ2v) is 6.22. The molecule has 1 atom stereocenters. The van der Waals surface area contributed by atoms with Crippen molar-refractivity contribution in [3.8, 4) is 0 Å². The fourth-order valence-electron chi connectivity index (χ4n) is 3.18. The Labute approximate surface area is 135 Å². The predicted molar refractivity (Wildman–Crippen MR) is 89.1 cm³/mol. The molecule has 0 aliphatic carbocycles. The molecule has 124 valence electrons. The molecule has 0 saturated carbocycles. The Morgan fingerprint density at radius 1 is 1.39 bits per heavy atom. The molecule has 2 aromatic rings. The van der Waals surface area contributed by atoms with E-state index in [9.17, 15) is 9.18 Å². The van der Waals surface area contributed by atoms with E-state index in [0.717, 1.165) is 44.7 Å². The van der Waals surface area contributed by atoms with Gasteiger partial charge in [-0.05, 0) is 44.0 Å². The summed E-state index contributed by atoms with van der Waals surface area (Å²) in [5.74, 6) is -0.386. The number of aromatic nitrogens is 1. The third-order valence-electron chi connectivity index (χ3n) is 4.26. The van der Waals surface area contributed by atoms with Crippen molar-refractivity contribution >= 4 is 10.9 Å². The van der Waals surface area contributed by atoms with Crippen LogP contribution in [0.5, 0.6) is 0 Å². The number of H-pyrrole nitrogens is 1. The van der Waals surface area contributed by atoms with Crippen molar-refractivity contribution in [2.24, 2.45) is 0 Å². The highest BCUT2D eigenvalue weighted by molar-refractivity contribution is 5.78. The summed E-state index contributed by atoms with van der Waals surface area (Å²) >= 11 is 0. The van der Waals surface area contributed by atoms with E-state index < -0.39 is 0 Å². The van der Waals surface area contributed by atoms with E-state index >= 15 is 0 Å². The lowest BCUT2D eigenvalue weighted by atomic mass is 10.1. The van der Waals surface area contributed by atoms with Gasteiger partial charge in [-0.25, -0.2) is 4.39 Å². The Morgan fingerprint density at radius 2 is 2.26 bits per heavy atom. The molecule has 0 unspecified atom stereocenters. The van der Waals surface area contributed by atoms with Crippen LogP contribution in [0.1, 0.15) is 31.9 Å². The van der Waals surface area contributed by atoms with Gasteiger partial charge in [0.15, 0.2) is 5.43 Å². The van der Waals surface area contributed by atoms with Gasteiger partial charge < -0.3 is 9.72 Å². The van der Waals surface area contributed by atoms with Crippen molar-refractivity contribution in [1.29, 1.82) is 0 Å². The molecular weight excluding hydrogens is 295 g/mol. The zero-order valence-corrected chi connectivity index (χ0v) is 13.5. The standard InChI is InChI=1S/C18H23FN2O2/c1-2-8-23-15-4-3-7-21(12-15)11-14-10-18(22)16-9-13(19)5-6-17(16)20-14/h5-6,9-10,15H,2-4,7-8,11-12H2,1H3,(H,20,22)/t15-/m0/s1. The average Bonchev–Trinajstić information content (AvgIpc) is 2.54. The van der Waals surface area contributed by atoms with Gasteiger partial charge in [0, 0.05) is 42.4 Å². The number of nitrogens with one attached hydrogen (secondary N) is 1. The first-order valence-corrected chi connectivity index (χ1v) is 8.31. The third kappa shape index (κ3) is 3.98. The van der Waals surface area contributed by atoms with E-state index in [2.05, 4.69) is 16.8 Å². The highest BCUT2D eigenvalue weighted by Crippen LogP contribution is 2.17. The number of hydrogen-bond donors (Lipinski definition) is 1. The molecule has 1 aliphatic heterocycles. The molecule has 1 saturated heterocycles. The monoisotopic (exact) mass is 318 g/mol. The first kappa shape index (κ1) is 16.1. The maximum Gasteiger partial charge on any atom is 0.189 e. The predicted octanol–water partition coefficient (Wildman–Crippen LogP) is 3.06. The molecule has 1 aromatic heterocycles. The Hall–Kier alpha value is -1.72. The second-order valence-electron chi connectivity index (χ2n) is 6.22. The van der Waals surface area contributed by atoms with Crippen LogP contribution in [0.15, 0.2) is 29.1 Å². The number of benzene rings is 1. The van der Waals surface area contributed by atoms with Crippen molar-refractivity contribution in [1.82, 2.24) is 9.88 Å². The van der Waals surface area contributed by atoms with Crippen molar-refractivity contribution in [2.45, 2.75) is 38.8 Å². The Balaban J connectivity index is 1.73. The molecule has 3 rings (SSSR count). The lowest BCUT2D eigenvalue weighted by Gasteiger charge is -2.32. The number of pyridine rings is 1. The number of ether oxygens (including phenoxy) is 1. The number of nitrogens with zero attached hydrogens (tertiary/aromatic N) is 1. The largest absolute Gasteiger partial charge is 0.377 e.